The summed E-state index contributed by atoms with van der Waals surface area (Å²) in [5.41, 5.74) is -2.70. The van der Waals surface area contributed by atoms with Crippen LogP contribution in [0.1, 0.15) is 22.3 Å². The summed E-state index contributed by atoms with van der Waals surface area (Å²) < 4.78 is 92.1. The second-order valence-electron chi connectivity index (χ2n) is 5.49. The number of aryl methyl sites for hydroxylation is 1. The van der Waals surface area contributed by atoms with Crippen LogP contribution >= 0.6 is 0 Å². The summed E-state index contributed by atoms with van der Waals surface area (Å²) in [6, 6.07) is 6.56. The molecule has 0 amide bonds. The van der Waals surface area contributed by atoms with Gasteiger partial charge in [0, 0.05) is 18.4 Å². The van der Waals surface area contributed by atoms with Gasteiger partial charge in [-0.25, -0.2) is 17.6 Å². The van der Waals surface area contributed by atoms with Gasteiger partial charge in [0.2, 0.25) is 0 Å². The maximum atomic E-state index is 13.8. The van der Waals surface area contributed by atoms with Crippen LogP contribution in [0.15, 0.2) is 24.3 Å². The molecule has 2 rings (SSSR count). The molecule has 1 nitrogen and oxygen atoms in total. The summed E-state index contributed by atoms with van der Waals surface area (Å²) in [7, 11) is 0. The highest BCUT2D eigenvalue weighted by Crippen LogP contribution is 2.37. The van der Waals surface area contributed by atoms with Crippen LogP contribution in [0.2, 0.25) is 0 Å². The molecule has 0 aliphatic rings. The number of Topliss-reactive ketones (excluding diaryl/α,β-unsaturated/α-hetero) is 1. The number of ketones is 1. The summed E-state index contributed by atoms with van der Waals surface area (Å²) in [5.74, 6) is -10.4. The van der Waals surface area contributed by atoms with Crippen LogP contribution < -0.4 is 0 Å². The lowest BCUT2D eigenvalue weighted by atomic mass is 9.99. The highest BCUT2D eigenvalue weighted by Gasteiger charge is 2.42. The number of halogens is 7. The van der Waals surface area contributed by atoms with Gasteiger partial charge in [-0.15, -0.1) is 0 Å². The normalized spacial score (nSPS) is 11.7. The van der Waals surface area contributed by atoms with Crippen LogP contribution in [-0.4, -0.2) is 5.78 Å². The highest BCUT2D eigenvalue weighted by atomic mass is 19.4. The average Bonchev–Trinajstić information content (AvgIpc) is 2.48. The van der Waals surface area contributed by atoms with Gasteiger partial charge in [-0.3, -0.25) is 4.79 Å². The lowest BCUT2D eigenvalue weighted by molar-refractivity contribution is -0.143. The molecule has 8 heteroatoms. The van der Waals surface area contributed by atoms with E-state index in [1.165, 1.54) is 0 Å². The van der Waals surface area contributed by atoms with Crippen LogP contribution in [0, 0.1) is 30.2 Å². The molecular formula is C17H11F7O. The Morgan fingerprint density at radius 3 is 1.96 bits per heavy atom. The highest BCUT2D eigenvalue weighted by molar-refractivity contribution is 5.83. The third kappa shape index (κ3) is 4.00. The fourth-order valence-electron chi connectivity index (χ4n) is 2.39. The van der Waals surface area contributed by atoms with Crippen molar-refractivity contribution in [1.82, 2.24) is 0 Å². The Bertz CT molecular complexity index is 795. The van der Waals surface area contributed by atoms with E-state index in [4.69, 9.17) is 0 Å². The zero-order valence-electron chi connectivity index (χ0n) is 12.8. The van der Waals surface area contributed by atoms with Crippen LogP contribution in [-0.2, 0) is 23.8 Å². The summed E-state index contributed by atoms with van der Waals surface area (Å²) >= 11 is 0. The Morgan fingerprint density at radius 1 is 0.920 bits per heavy atom. The molecule has 0 unspecified atom stereocenters. The van der Waals surface area contributed by atoms with E-state index in [1.54, 1.807) is 31.2 Å². The van der Waals surface area contributed by atoms with Gasteiger partial charge in [-0.1, -0.05) is 29.8 Å². The van der Waals surface area contributed by atoms with Gasteiger partial charge in [0.25, 0.3) is 0 Å². The minimum absolute atomic E-state index is 0.287. The summed E-state index contributed by atoms with van der Waals surface area (Å²) in [6.45, 7) is 1.74. The van der Waals surface area contributed by atoms with Crippen molar-refractivity contribution in [3.8, 4) is 0 Å². The molecule has 0 radical (unpaired) electrons. The van der Waals surface area contributed by atoms with Gasteiger partial charge in [0.1, 0.15) is 11.3 Å². The standard InChI is InChI=1S/C17H11F7O/c1-8-3-2-4-9(5-8)6-10(25)7-11-13(18)15(20)12(17(22,23)24)16(21)14(11)19/h2-5H,6-7H2,1H3. The first-order valence-corrected chi connectivity index (χ1v) is 7.01. The van der Waals surface area contributed by atoms with Gasteiger partial charge in [-0.2, -0.15) is 13.2 Å². The first kappa shape index (κ1) is 19.0. The van der Waals surface area contributed by atoms with E-state index in [0.29, 0.717) is 5.56 Å². The summed E-state index contributed by atoms with van der Waals surface area (Å²) in [4.78, 5) is 11.9. The Balaban J connectivity index is 2.36. The van der Waals surface area contributed by atoms with E-state index >= 15 is 0 Å². The Labute approximate surface area is 138 Å². The predicted octanol–water partition coefficient (Wildman–Crippen LogP) is 4.92. The topological polar surface area (TPSA) is 17.1 Å². The maximum absolute atomic E-state index is 13.8. The molecule has 2 aromatic rings. The average molecular weight is 364 g/mol. The molecule has 0 fully saturated rings. The summed E-state index contributed by atoms with van der Waals surface area (Å²) in [5, 5.41) is 0. The molecule has 0 aromatic heterocycles. The minimum Gasteiger partial charge on any atom is -0.299 e. The Morgan fingerprint density at radius 2 is 1.48 bits per heavy atom. The zero-order chi connectivity index (χ0) is 18.9. The lowest BCUT2D eigenvalue weighted by Gasteiger charge is -2.13. The van der Waals surface area contributed by atoms with Crippen molar-refractivity contribution in [2.24, 2.45) is 0 Å². The molecule has 0 bridgehead atoms. The van der Waals surface area contributed by atoms with Crippen LogP contribution in [0.25, 0.3) is 0 Å². The second-order valence-corrected chi connectivity index (χ2v) is 5.49. The molecular weight excluding hydrogens is 353 g/mol. The molecule has 134 valence electrons. The van der Waals surface area contributed by atoms with Crippen molar-refractivity contribution in [3.05, 3.63) is 69.8 Å². The summed E-state index contributed by atoms with van der Waals surface area (Å²) in [6.07, 6.45) is -6.97. The fourth-order valence-corrected chi connectivity index (χ4v) is 2.39. The number of hydrogen-bond acceptors (Lipinski definition) is 1. The smallest absolute Gasteiger partial charge is 0.299 e. The third-order valence-electron chi connectivity index (χ3n) is 3.50. The van der Waals surface area contributed by atoms with Crippen molar-refractivity contribution < 1.29 is 35.5 Å². The van der Waals surface area contributed by atoms with E-state index in [-0.39, 0.29) is 6.42 Å². The minimum atomic E-state index is -5.61. The number of carbonyl (C=O) groups is 1. The van der Waals surface area contributed by atoms with E-state index in [2.05, 4.69) is 0 Å². The molecule has 0 spiro atoms. The maximum Gasteiger partial charge on any atom is 0.422 e. The monoisotopic (exact) mass is 364 g/mol. The number of benzene rings is 2. The van der Waals surface area contributed by atoms with E-state index in [1.807, 2.05) is 0 Å². The molecule has 0 atom stereocenters. The van der Waals surface area contributed by atoms with Crippen molar-refractivity contribution in [3.63, 3.8) is 0 Å². The molecule has 0 aliphatic heterocycles. The van der Waals surface area contributed by atoms with E-state index in [9.17, 15) is 35.5 Å². The number of carbonyl (C=O) groups excluding carboxylic acids is 1. The number of hydrogen-bond donors (Lipinski definition) is 0. The third-order valence-corrected chi connectivity index (χ3v) is 3.50. The molecule has 0 N–H and O–H groups in total. The van der Waals surface area contributed by atoms with Gasteiger partial charge in [0.05, 0.1) is 0 Å². The predicted molar refractivity (Wildman–Crippen MR) is 74.9 cm³/mol. The molecule has 0 aliphatic carbocycles. The largest absolute Gasteiger partial charge is 0.422 e. The molecule has 0 saturated heterocycles. The van der Waals surface area contributed by atoms with Crippen molar-refractivity contribution in [2.45, 2.75) is 25.9 Å². The fraction of sp³-hybridized carbons (Fsp3) is 0.235. The zero-order valence-corrected chi connectivity index (χ0v) is 12.8. The number of rotatable bonds is 4. The van der Waals surface area contributed by atoms with Crippen molar-refractivity contribution in [2.75, 3.05) is 0 Å². The second kappa shape index (κ2) is 6.85. The van der Waals surface area contributed by atoms with Crippen LogP contribution in [0.3, 0.4) is 0 Å². The molecule has 2 aromatic carbocycles. The van der Waals surface area contributed by atoms with E-state index < -0.39 is 52.8 Å². The Hall–Kier alpha value is -2.38. The quantitative estimate of drug-likeness (QED) is 0.556. The van der Waals surface area contributed by atoms with Crippen LogP contribution in [0.5, 0.6) is 0 Å². The van der Waals surface area contributed by atoms with Crippen molar-refractivity contribution in [1.29, 1.82) is 0 Å². The SMILES string of the molecule is Cc1cccc(CC(=O)Cc2c(F)c(F)c(C(F)(F)F)c(F)c2F)c1. The van der Waals surface area contributed by atoms with Crippen molar-refractivity contribution >= 4 is 5.78 Å². The molecule has 0 saturated carbocycles. The van der Waals surface area contributed by atoms with Gasteiger partial charge >= 0.3 is 6.18 Å². The molecule has 0 heterocycles. The first-order valence-electron chi connectivity index (χ1n) is 7.01. The lowest BCUT2D eigenvalue weighted by Crippen LogP contribution is -2.19. The van der Waals surface area contributed by atoms with Gasteiger partial charge in [-0.05, 0) is 12.5 Å². The van der Waals surface area contributed by atoms with Gasteiger partial charge < -0.3 is 0 Å². The first-order chi connectivity index (χ1) is 11.5. The Kier molecular flexibility index (Phi) is 5.20. The van der Waals surface area contributed by atoms with E-state index in [0.717, 1.165) is 5.56 Å². The number of alkyl halides is 3. The van der Waals surface area contributed by atoms with Crippen LogP contribution in [0.4, 0.5) is 30.7 Å². The van der Waals surface area contributed by atoms with Gasteiger partial charge in [0.15, 0.2) is 23.3 Å². The molecule has 25 heavy (non-hydrogen) atoms.